The number of H-pyrrole nitrogens is 1. The molecule has 1 aromatic heterocycles. The number of benzene rings is 1. The summed E-state index contributed by atoms with van der Waals surface area (Å²) in [7, 11) is 0. The van der Waals surface area contributed by atoms with Crippen LogP contribution in [-0.2, 0) is 16.1 Å². The highest BCUT2D eigenvalue weighted by atomic mass is 16.5. The van der Waals surface area contributed by atoms with Gasteiger partial charge in [-0.25, -0.2) is 0 Å². The van der Waals surface area contributed by atoms with E-state index >= 15 is 0 Å². The summed E-state index contributed by atoms with van der Waals surface area (Å²) >= 11 is 0. The minimum Gasteiger partial charge on any atom is -0.466 e. The Balaban J connectivity index is 1.86. The van der Waals surface area contributed by atoms with Crippen molar-refractivity contribution in [2.75, 3.05) is 13.2 Å². The Hall–Kier alpha value is -2.14. The fourth-order valence-electron chi connectivity index (χ4n) is 1.95. The second kappa shape index (κ2) is 7.45. The molecule has 2 rings (SSSR count). The second-order valence-corrected chi connectivity index (χ2v) is 4.37. The van der Waals surface area contributed by atoms with Gasteiger partial charge in [0.1, 0.15) is 0 Å². The smallest absolute Gasteiger partial charge is 0.307 e. The number of aromatic amines is 1. The number of rotatable bonds is 7. The lowest BCUT2D eigenvalue weighted by Crippen LogP contribution is -2.19. The fraction of sp³-hybridized carbons (Fsp3) is 0.333. The maximum Gasteiger partial charge on any atom is 0.307 e. The Kier molecular flexibility index (Phi) is 5.32. The molecule has 5 nitrogen and oxygen atoms in total. The van der Waals surface area contributed by atoms with E-state index in [1.807, 2.05) is 37.3 Å². The van der Waals surface area contributed by atoms with Crippen molar-refractivity contribution >= 4 is 5.97 Å². The predicted octanol–water partition coefficient (Wildman–Crippen LogP) is 2.12. The average molecular weight is 273 g/mol. The predicted molar refractivity (Wildman–Crippen MR) is 77.0 cm³/mol. The molecule has 0 radical (unpaired) electrons. The van der Waals surface area contributed by atoms with Crippen LogP contribution in [0.15, 0.2) is 36.5 Å². The molecule has 1 aromatic carbocycles. The van der Waals surface area contributed by atoms with Crippen molar-refractivity contribution in [1.29, 1.82) is 0 Å². The summed E-state index contributed by atoms with van der Waals surface area (Å²) in [5.41, 5.74) is 3.20. The van der Waals surface area contributed by atoms with Gasteiger partial charge in [-0.15, -0.1) is 0 Å². The zero-order valence-corrected chi connectivity index (χ0v) is 11.6. The van der Waals surface area contributed by atoms with Gasteiger partial charge < -0.3 is 10.1 Å². The zero-order chi connectivity index (χ0) is 14.2. The highest BCUT2D eigenvalue weighted by molar-refractivity contribution is 5.69. The molecule has 106 valence electrons. The summed E-state index contributed by atoms with van der Waals surface area (Å²) in [6.45, 7) is 3.50. The van der Waals surface area contributed by atoms with Crippen molar-refractivity contribution in [3.8, 4) is 11.3 Å². The molecule has 0 fully saturated rings. The van der Waals surface area contributed by atoms with Crippen LogP contribution in [0.25, 0.3) is 11.3 Å². The van der Waals surface area contributed by atoms with Gasteiger partial charge in [0.15, 0.2) is 0 Å². The summed E-state index contributed by atoms with van der Waals surface area (Å²) in [5, 5.41) is 10.3. The molecule has 0 amide bonds. The molecule has 0 aliphatic rings. The Bertz CT molecular complexity index is 537. The van der Waals surface area contributed by atoms with Gasteiger partial charge in [0.2, 0.25) is 0 Å². The summed E-state index contributed by atoms with van der Waals surface area (Å²) < 4.78 is 4.87. The summed E-state index contributed by atoms with van der Waals surface area (Å²) in [6, 6.07) is 10.0. The first-order chi connectivity index (χ1) is 9.81. The van der Waals surface area contributed by atoms with Crippen LogP contribution in [0, 0.1) is 0 Å². The standard InChI is InChI=1S/C15H19N3O2/c1-2-20-14(19)8-9-16-10-13-11-17-18-15(13)12-6-4-3-5-7-12/h3-7,11,16H,2,8-10H2,1H3,(H,17,18). The number of nitrogens with one attached hydrogen (secondary N) is 2. The molecule has 1 heterocycles. The number of nitrogens with zero attached hydrogens (tertiary/aromatic N) is 1. The van der Waals surface area contributed by atoms with E-state index in [2.05, 4.69) is 15.5 Å². The van der Waals surface area contributed by atoms with E-state index in [0.29, 0.717) is 26.1 Å². The number of aromatic nitrogens is 2. The number of ether oxygens (including phenoxy) is 1. The van der Waals surface area contributed by atoms with Crippen LogP contribution in [0.5, 0.6) is 0 Å². The van der Waals surface area contributed by atoms with Crippen molar-refractivity contribution in [3.63, 3.8) is 0 Å². The van der Waals surface area contributed by atoms with Gasteiger partial charge in [-0.05, 0) is 12.5 Å². The van der Waals surface area contributed by atoms with Gasteiger partial charge in [0.05, 0.1) is 24.9 Å². The molecule has 2 N–H and O–H groups in total. The maximum absolute atomic E-state index is 11.2. The molecular weight excluding hydrogens is 254 g/mol. The maximum atomic E-state index is 11.2. The van der Waals surface area contributed by atoms with E-state index in [1.54, 1.807) is 6.20 Å². The van der Waals surface area contributed by atoms with E-state index in [1.165, 1.54) is 0 Å². The third-order valence-corrected chi connectivity index (χ3v) is 2.91. The average Bonchev–Trinajstić information content (AvgIpc) is 2.93. The molecule has 0 saturated heterocycles. The van der Waals surface area contributed by atoms with Crippen molar-refractivity contribution in [3.05, 3.63) is 42.1 Å². The molecule has 2 aromatic rings. The summed E-state index contributed by atoms with van der Waals surface area (Å²) in [6.07, 6.45) is 2.19. The molecule has 0 unspecified atom stereocenters. The Morgan fingerprint density at radius 1 is 1.35 bits per heavy atom. The first kappa shape index (κ1) is 14.3. The van der Waals surface area contributed by atoms with E-state index < -0.39 is 0 Å². The molecule has 0 atom stereocenters. The van der Waals surface area contributed by atoms with Gasteiger partial charge in [-0.1, -0.05) is 30.3 Å². The van der Waals surface area contributed by atoms with Crippen LogP contribution in [0.2, 0.25) is 0 Å². The van der Waals surface area contributed by atoms with Gasteiger partial charge in [0.25, 0.3) is 0 Å². The molecule has 0 aliphatic carbocycles. The summed E-state index contributed by atoms with van der Waals surface area (Å²) in [4.78, 5) is 11.2. The van der Waals surface area contributed by atoms with Crippen molar-refractivity contribution < 1.29 is 9.53 Å². The largest absolute Gasteiger partial charge is 0.466 e. The lowest BCUT2D eigenvalue weighted by atomic mass is 10.1. The molecule has 0 saturated carbocycles. The number of carbonyl (C=O) groups is 1. The molecule has 0 bridgehead atoms. The van der Waals surface area contributed by atoms with Gasteiger partial charge >= 0.3 is 5.97 Å². The van der Waals surface area contributed by atoms with Crippen LogP contribution in [-0.4, -0.2) is 29.3 Å². The zero-order valence-electron chi connectivity index (χ0n) is 11.6. The van der Waals surface area contributed by atoms with Crippen LogP contribution in [0.3, 0.4) is 0 Å². The van der Waals surface area contributed by atoms with E-state index in [4.69, 9.17) is 4.74 Å². The Morgan fingerprint density at radius 2 is 2.15 bits per heavy atom. The third kappa shape index (κ3) is 3.93. The quantitative estimate of drug-likeness (QED) is 0.599. The van der Waals surface area contributed by atoms with Crippen LogP contribution < -0.4 is 5.32 Å². The van der Waals surface area contributed by atoms with Gasteiger partial charge in [-0.2, -0.15) is 5.10 Å². The second-order valence-electron chi connectivity index (χ2n) is 4.37. The summed E-state index contributed by atoms with van der Waals surface area (Å²) in [5.74, 6) is -0.171. The number of hydrogen-bond donors (Lipinski definition) is 2. The molecule has 0 spiro atoms. The minimum atomic E-state index is -0.171. The Morgan fingerprint density at radius 3 is 2.90 bits per heavy atom. The van der Waals surface area contributed by atoms with Crippen LogP contribution in [0.1, 0.15) is 18.9 Å². The Labute approximate surface area is 118 Å². The fourth-order valence-corrected chi connectivity index (χ4v) is 1.95. The highest BCUT2D eigenvalue weighted by Crippen LogP contribution is 2.20. The van der Waals surface area contributed by atoms with Gasteiger partial charge in [0, 0.05) is 18.7 Å². The van der Waals surface area contributed by atoms with E-state index in [9.17, 15) is 4.79 Å². The van der Waals surface area contributed by atoms with Crippen LogP contribution in [0.4, 0.5) is 0 Å². The monoisotopic (exact) mass is 273 g/mol. The number of hydrogen-bond acceptors (Lipinski definition) is 4. The molecule has 0 aliphatic heterocycles. The SMILES string of the molecule is CCOC(=O)CCNCc1cn[nH]c1-c1ccccc1. The minimum absolute atomic E-state index is 0.171. The van der Waals surface area contributed by atoms with Gasteiger partial charge in [-0.3, -0.25) is 9.89 Å². The molecule has 20 heavy (non-hydrogen) atoms. The van der Waals surface area contributed by atoms with E-state index in [-0.39, 0.29) is 5.97 Å². The first-order valence-corrected chi connectivity index (χ1v) is 6.75. The van der Waals surface area contributed by atoms with E-state index in [0.717, 1.165) is 16.8 Å². The van der Waals surface area contributed by atoms with Crippen LogP contribution >= 0.6 is 0 Å². The normalized spacial score (nSPS) is 10.4. The highest BCUT2D eigenvalue weighted by Gasteiger charge is 2.07. The van der Waals surface area contributed by atoms with Crippen molar-refractivity contribution in [2.24, 2.45) is 0 Å². The number of esters is 1. The third-order valence-electron chi connectivity index (χ3n) is 2.91. The molecule has 5 heteroatoms. The van der Waals surface area contributed by atoms with Crippen molar-refractivity contribution in [2.45, 2.75) is 19.9 Å². The van der Waals surface area contributed by atoms with Crippen molar-refractivity contribution in [1.82, 2.24) is 15.5 Å². The molecular formula is C15H19N3O2. The number of carbonyl (C=O) groups excluding carboxylic acids is 1. The topological polar surface area (TPSA) is 67.0 Å². The lowest BCUT2D eigenvalue weighted by Gasteiger charge is -2.06. The lowest BCUT2D eigenvalue weighted by molar-refractivity contribution is -0.142. The first-order valence-electron chi connectivity index (χ1n) is 6.75.